The third-order valence-electron chi connectivity index (χ3n) is 8.87. The normalized spacial score (nSPS) is 22.9. The topological polar surface area (TPSA) is 108 Å². The van der Waals surface area contributed by atoms with Gasteiger partial charge in [0.15, 0.2) is 9.84 Å². The molecule has 8 nitrogen and oxygen atoms in total. The summed E-state index contributed by atoms with van der Waals surface area (Å²) in [5.74, 6) is -0.848. The van der Waals surface area contributed by atoms with E-state index in [1.807, 2.05) is 29.2 Å². The number of anilines is 1. The van der Waals surface area contributed by atoms with E-state index in [0.29, 0.717) is 50.0 Å². The van der Waals surface area contributed by atoms with E-state index in [4.69, 9.17) is 5.10 Å². The maximum absolute atomic E-state index is 14.0. The average Bonchev–Trinajstić information content (AvgIpc) is 3.63. The minimum atomic E-state index is -4.59. The van der Waals surface area contributed by atoms with Gasteiger partial charge in [0.1, 0.15) is 5.54 Å². The first kappa shape index (κ1) is 29.2. The Kier molecular flexibility index (Phi) is 7.49. The van der Waals surface area contributed by atoms with E-state index in [1.54, 1.807) is 6.20 Å². The number of nitriles is 1. The zero-order valence-corrected chi connectivity index (χ0v) is 24.3. The van der Waals surface area contributed by atoms with Crippen molar-refractivity contribution < 1.29 is 26.4 Å². The number of nitrogens with one attached hydrogen (secondary N) is 1. The van der Waals surface area contributed by atoms with Gasteiger partial charge in [-0.2, -0.15) is 23.5 Å². The minimum Gasteiger partial charge on any atom is -0.369 e. The van der Waals surface area contributed by atoms with E-state index in [2.05, 4.69) is 11.4 Å². The van der Waals surface area contributed by atoms with Crippen LogP contribution in [0.3, 0.4) is 0 Å². The zero-order valence-electron chi connectivity index (χ0n) is 23.5. The van der Waals surface area contributed by atoms with E-state index in [1.165, 1.54) is 22.9 Å². The largest absolute Gasteiger partial charge is 0.418 e. The van der Waals surface area contributed by atoms with Gasteiger partial charge >= 0.3 is 6.18 Å². The quantitative estimate of drug-likeness (QED) is 0.409. The van der Waals surface area contributed by atoms with Gasteiger partial charge in [-0.15, -0.1) is 0 Å². The van der Waals surface area contributed by atoms with Crippen LogP contribution < -0.4 is 10.2 Å². The Morgan fingerprint density at radius 1 is 1.02 bits per heavy atom. The molecule has 0 spiro atoms. The van der Waals surface area contributed by atoms with E-state index >= 15 is 0 Å². The number of benzene rings is 2. The highest BCUT2D eigenvalue weighted by atomic mass is 32.2. The van der Waals surface area contributed by atoms with Gasteiger partial charge in [-0.05, 0) is 55.5 Å². The van der Waals surface area contributed by atoms with Crippen LogP contribution in [-0.2, 0) is 20.8 Å². The standard InChI is InChI=1S/C31H32F3N5O3S/c32-31(33,34)26-7-3-4-8-27(26)39-19-25(21-9-11-22(12-10-21)38-15-17-43(41,42)18-16-38)28(37-39)23-5-1-2-6-24(23)29(40)36-30(20-35)13-14-30/h3-4,7-12,19,23-24H,1-2,5-6,13-18H2,(H,36,40)/t23-,24-/m1/s1. The van der Waals surface area contributed by atoms with Crippen molar-refractivity contribution in [3.63, 3.8) is 0 Å². The summed E-state index contributed by atoms with van der Waals surface area (Å²) in [5.41, 5.74) is 1.04. The fourth-order valence-electron chi connectivity index (χ4n) is 6.23. The lowest BCUT2D eigenvalue weighted by atomic mass is 9.75. The van der Waals surface area contributed by atoms with Crippen molar-refractivity contribution in [3.8, 4) is 22.9 Å². The van der Waals surface area contributed by atoms with Gasteiger partial charge in [-0.25, -0.2) is 13.1 Å². The number of alkyl halides is 3. The molecule has 6 rings (SSSR count). The van der Waals surface area contributed by atoms with Crippen LogP contribution in [-0.4, -0.2) is 54.2 Å². The molecule has 12 heteroatoms. The number of rotatable bonds is 6. The van der Waals surface area contributed by atoms with Gasteiger partial charge in [-0.1, -0.05) is 37.1 Å². The highest BCUT2D eigenvalue weighted by Crippen LogP contribution is 2.44. The van der Waals surface area contributed by atoms with Crippen molar-refractivity contribution in [2.24, 2.45) is 5.92 Å². The van der Waals surface area contributed by atoms with Crippen LogP contribution in [0.5, 0.6) is 0 Å². The van der Waals surface area contributed by atoms with Crippen LogP contribution in [0, 0.1) is 17.2 Å². The molecule has 1 saturated heterocycles. The minimum absolute atomic E-state index is 0.0858. The molecule has 2 atom stereocenters. The summed E-state index contributed by atoms with van der Waals surface area (Å²) in [6, 6.07) is 15.0. The second-order valence-electron chi connectivity index (χ2n) is 11.8. The smallest absolute Gasteiger partial charge is 0.369 e. The third-order valence-corrected chi connectivity index (χ3v) is 10.5. The van der Waals surface area contributed by atoms with Crippen molar-refractivity contribution in [1.29, 1.82) is 5.26 Å². The lowest BCUT2D eigenvalue weighted by Crippen LogP contribution is -2.42. The van der Waals surface area contributed by atoms with Gasteiger partial charge in [0.2, 0.25) is 5.91 Å². The maximum atomic E-state index is 14.0. The average molecular weight is 612 g/mol. The lowest BCUT2D eigenvalue weighted by molar-refractivity contribution is -0.137. The number of carbonyl (C=O) groups is 1. The Bertz CT molecular complexity index is 1660. The zero-order chi connectivity index (χ0) is 30.4. The molecule has 3 aliphatic rings. The van der Waals surface area contributed by atoms with E-state index < -0.39 is 33.0 Å². The first-order chi connectivity index (χ1) is 20.5. The molecule has 2 heterocycles. The number of halogens is 3. The van der Waals surface area contributed by atoms with Gasteiger partial charge < -0.3 is 10.2 Å². The van der Waals surface area contributed by atoms with Gasteiger partial charge in [0.25, 0.3) is 0 Å². The fraction of sp³-hybridized carbons (Fsp3) is 0.452. The van der Waals surface area contributed by atoms with Crippen molar-refractivity contribution in [3.05, 3.63) is 66.0 Å². The first-order valence-electron chi connectivity index (χ1n) is 14.5. The van der Waals surface area contributed by atoms with Crippen LogP contribution in [0.15, 0.2) is 54.7 Å². The summed E-state index contributed by atoms with van der Waals surface area (Å²) in [6.45, 7) is 0.782. The molecule has 0 bridgehead atoms. The summed E-state index contributed by atoms with van der Waals surface area (Å²) < 4.78 is 67.0. The van der Waals surface area contributed by atoms with Crippen LogP contribution >= 0.6 is 0 Å². The maximum Gasteiger partial charge on any atom is 0.418 e. The molecule has 1 aromatic heterocycles. The second kappa shape index (κ2) is 11.0. The van der Waals surface area contributed by atoms with Gasteiger partial charge in [0, 0.05) is 42.4 Å². The van der Waals surface area contributed by atoms with Crippen LogP contribution in [0.4, 0.5) is 18.9 Å². The number of hydrogen-bond donors (Lipinski definition) is 1. The molecule has 1 N–H and O–H groups in total. The molecule has 226 valence electrons. The fourth-order valence-corrected chi connectivity index (χ4v) is 7.43. The first-order valence-corrected chi connectivity index (χ1v) is 16.4. The Hall–Kier alpha value is -3.85. The molecule has 0 radical (unpaired) electrons. The van der Waals surface area contributed by atoms with Crippen molar-refractivity contribution in [1.82, 2.24) is 15.1 Å². The number of aromatic nitrogens is 2. The van der Waals surface area contributed by atoms with Gasteiger partial charge in [-0.3, -0.25) is 4.79 Å². The van der Waals surface area contributed by atoms with Crippen molar-refractivity contribution in [2.75, 3.05) is 29.5 Å². The van der Waals surface area contributed by atoms with Crippen LogP contribution in [0.2, 0.25) is 0 Å². The predicted molar refractivity (Wildman–Crippen MR) is 155 cm³/mol. The van der Waals surface area contributed by atoms with E-state index in [0.717, 1.165) is 30.2 Å². The SMILES string of the molecule is N#CC1(NC(=O)[C@@H]2CCCC[C@H]2c2nn(-c3ccccc3C(F)(F)F)cc2-c2ccc(N3CCS(=O)(=O)CC3)cc2)CC1. The molecular weight excluding hydrogens is 579 g/mol. The monoisotopic (exact) mass is 611 g/mol. The Balaban J connectivity index is 1.40. The van der Waals surface area contributed by atoms with Gasteiger partial charge in [0.05, 0.1) is 34.5 Å². The number of para-hydroxylation sites is 1. The predicted octanol–water partition coefficient (Wildman–Crippen LogP) is 5.24. The molecular formula is C31H32F3N5O3S. The molecule has 1 amide bonds. The van der Waals surface area contributed by atoms with Crippen molar-refractivity contribution in [2.45, 2.75) is 56.2 Å². The summed E-state index contributed by atoms with van der Waals surface area (Å²) in [6.07, 6.45) is 1.15. The Labute approximate surface area is 248 Å². The van der Waals surface area contributed by atoms with Crippen LogP contribution in [0.1, 0.15) is 55.7 Å². The molecule has 0 unspecified atom stereocenters. The number of nitrogens with zero attached hydrogens (tertiary/aromatic N) is 4. The molecule has 2 aliphatic carbocycles. The second-order valence-corrected chi connectivity index (χ2v) is 14.1. The summed E-state index contributed by atoms with van der Waals surface area (Å²) in [5, 5.41) is 17.2. The summed E-state index contributed by atoms with van der Waals surface area (Å²) in [7, 11) is -3.04. The van der Waals surface area contributed by atoms with E-state index in [-0.39, 0.29) is 29.0 Å². The Morgan fingerprint density at radius 2 is 1.70 bits per heavy atom. The number of sulfone groups is 1. The number of amides is 1. The number of hydrogen-bond acceptors (Lipinski definition) is 6. The summed E-state index contributed by atoms with van der Waals surface area (Å²) in [4.78, 5) is 15.5. The molecule has 1 aliphatic heterocycles. The molecule has 3 aromatic rings. The molecule has 2 saturated carbocycles. The lowest BCUT2D eigenvalue weighted by Gasteiger charge is -2.31. The Morgan fingerprint density at radius 3 is 2.35 bits per heavy atom. The molecule has 3 fully saturated rings. The van der Waals surface area contributed by atoms with Crippen molar-refractivity contribution >= 4 is 21.4 Å². The summed E-state index contributed by atoms with van der Waals surface area (Å²) >= 11 is 0. The molecule has 43 heavy (non-hydrogen) atoms. The molecule has 2 aromatic carbocycles. The third kappa shape index (κ3) is 6.00. The number of carbonyl (C=O) groups excluding carboxylic acids is 1. The van der Waals surface area contributed by atoms with Crippen LogP contribution in [0.25, 0.3) is 16.8 Å². The highest BCUT2D eigenvalue weighted by molar-refractivity contribution is 7.91. The van der Waals surface area contributed by atoms with E-state index in [9.17, 15) is 31.6 Å². The highest BCUT2D eigenvalue weighted by Gasteiger charge is 2.47.